The topological polar surface area (TPSA) is 116 Å². The molecule has 1 aromatic carbocycles. The number of pyridine rings is 1. The predicted molar refractivity (Wildman–Crippen MR) is 124 cm³/mol. The van der Waals surface area contributed by atoms with Crippen LogP contribution in [-0.4, -0.2) is 27.8 Å². The van der Waals surface area contributed by atoms with Crippen LogP contribution in [0.15, 0.2) is 48.8 Å². The number of aromatic nitrogens is 3. The van der Waals surface area contributed by atoms with Crippen LogP contribution in [0.4, 0.5) is 17.3 Å². The van der Waals surface area contributed by atoms with Crippen LogP contribution in [0, 0.1) is 0 Å². The molecule has 162 valence electrons. The quantitative estimate of drug-likeness (QED) is 0.348. The number of hydrazine groups is 2. The van der Waals surface area contributed by atoms with E-state index in [9.17, 15) is 0 Å². The Morgan fingerprint density at radius 2 is 1.94 bits per heavy atom. The summed E-state index contributed by atoms with van der Waals surface area (Å²) < 4.78 is 0. The molecule has 7 N–H and O–H groups in total. The number of nitrogens with two attached hydrogens (primary N) is 1. The van der Waals surface area contributed by atoms with Gasteiger partial charge in [-0.15, -0.1) is 5.53 Å². The second-order valence-electron chi connectivity index (χ2n) is 8.52. The average Bonchev–Trinajstić information content (AvgIpc) is 3.50. The minimum Gasteiger partial charge on any atom is -0.384 e. The van der Waals surface area contributed by atoms with Crippen LogP contribution >= 0.6 is 0 Å². The zero-order valence-electron chi connectivity index (χ0n) is 17.6. The summed E-state index contributed by atoms with van der Waals surface area (Å²) in [6.45, 7) is 0.939. The van der Waals surface area contributed by atoms with Crippen LogP contribution in [0.25, 0.3) is 0 Å². The smallest absolute Gasteiger partial charge is 0.169 e. The molecule has 1 saturated carbocycles. The molecule has 1 unspecified atom stereocenters. The second kappa shape index (κ2) is 8.95. The molecule has 1 atom stereocenters. The van der Waals surface area contributed by atoms with Crippen LogP contribution in [0.2, 0.25) is 0 Å². The fraction of sp³-hybridized carbons (Fsp3) is 0.391. The number of hydrogen-bond donors (Lipinski definition) is 6. The number of nitrogen functional groups attached to an aromatic ring is 1. The molecule has 2 aromatic heterocycles. The highest BCUT2D eigenvalue weighted by molar-refractivity contribution is 5.75. The highest BCUT2D eigenvalue weighted by atomic mass is 15.6. The number of benzene rings is 1. The summed E-state index contributed by atoms with van der Waals surface area (Å²) in [6.07, 6.45) is 9.77. The van der Waals surface area contributed by atoms with Crippen molar-refractivity contribution >= 4 is 17.3 Å². The molecule has 8 heteroatoms. The number of anilines is 3. The summed E-state index contributed by atoms with van der Waals surface area (Å²) in [5, 5.41) is 10.9. The Bertz CT molecular complexity index is 980. The third-order valence-electron chi connectivity index (χ3n) is 6.60. The number of nitrogens with one attached hydrogen (secondary N) is 5. The molecule has 8 nitrogen and oxygen atoms in total. The van der Waals surface area contributed by atoms with E-state index in [0.29, 0.717) is 17.8 Å². The second-order valence-corrected chi connectivity index (χ2v) is 8.52. The van der Waals surface area contributed by atoms with Crippen molar-refractivity contribution in [1.82, 2.24) is 26.0 Å². The first-order valence-electron chi connectivity index (χ1n) is 11.1. The van der Waals surface area contributed by atoms with Crippen molar-refractivity contribution in [3.8, 4) is 0 Å². The van der Waals surface area contributed by atoms with Gasteiger partial charge in [-0.3, -0.25) is 10.5 Å². The molecule has 31 heavy (non-hydrogen) atoms. The third kappa shape index (κ3) is 4.35. The van der Waals surface area contributed by atoms with Crippen molar-refractivity contribution < 1.29 is 0 Å². The molecular weight excluding hydrogens is 388 g/mol. The Balaban J connectivity index is 1.22. The first-order valence-corrected chi connectivity index (χ1v) is 11.1. The van der Waals surface area contributed by atoms with Crippen molar-refractivity contribution in [2.24, 2.45) is 0 Å². The number of fused-ring (bicyclic) bond motifs is 1. The van der Waals surface area contributed by atoms with Gasteiger partial charge in [0, 0.05) is 18.2 Å². The van der Waals surface area contributed by atoms with E-state index >= 15 is 0 Å². The molecule has 0 spiro atoms. The zero-order valence-corrected chi connectivity index (χ0v) is 17.6. The van der Waals surface area contributed by atoms with Gasteiger partial charge in [0.25, 0.3) is 0 Å². The number of rotatable bonds is 7. The lowest BCUT2D eigenvalue weighted by Crippen LogP contribution is -2.34. The number of H-pyrrole nitrogens is 1. The van der Waals surface area contributed by atoms with Gasteiger partial charge in [-0.2, -0.15) is 5.10 Å². The summed E-state index contributed by atoms with van der Waals surface area (Å²) in [4.78, 5) is 4.37. The normalized spacial score (nSPS) is 21.2. The molecule has 2 aliphatic rings. The van der Waals surface area contributed by atoms with E-state index in [-0.39, 0.29) is 5.92 Å². The fourth-order valence-corrected chi connectivity index (χ4v) is 4.98. The predicted octanol–water partition coefficient (Wildman–Crippen LogP) is 3.48. The van der Waals surface area contributed by atoms with Gasteiger partial charge < -0.3 is 16.5 Å². The lowest BCUT2D eigenvalue weighted by Gasteiger charge is -2.30. The summed E-state index contributed by atoms with van der Waals surface area (Å²) >= 11 is 0. The van der Waals surface area contributed by atoms with Gasteiger partial charge in [0.05, 0.1) is 11.9 Å². The maximum Gasteiger partial charge on any atom is 0.169 e. The van der Waals surface area contributed by atoms with Crippen LogP contribution in [0.1, 0.15) is 60.6 Å². The molecule has 3 heterocycles. The van der Waals surface area contributed by atoms with Crippen molar-refractivity contribution in [1.29, 1.82) is 0 Å². The van der Waals surface area contributed by atoms with Crippen molar-refractivity contribution in [3.63, 3.8) is 0 Å². The minimum absolute atomic E-state index is 0.167. The highest BCUT2D eigenvalue weighted by Gasteiger charge is 2.26. The van der Waals surface area contributed by atoms with Gasteiger partial charge in [0.2, 0.25) is 0 Å². The van der Waals surface area contributed by atoms with Crippen molar-refractivity contribution in [2.45, 2.75) is 50.0 Å². The van der Waals surface area contributed by atoms with E-state index in [2.05, 4.69) is 67.2 Å². The molecule has 0 bridgehead atoms. The number of aromatic amines is 1. The van der Waals surface area contributed by atoms with Gasteiger partial charge in [0.1, 0.15) is 5.82 Å². The Kier molecular flexibility index (Phi) is 5.73. The van der Waals surface area contributed by atoms with Gasteiger partial charge in [-0.05, 0) is 67.3 Å². The molecule has 5 rings (SSSR count). The summed E-state index contributed by atoms with van der Waals surface area (Å²) in [5.41, 5.74) is 19.9. The number of nitrogens with zero attached hydrogens (tertiary/aromatic N) is 2. The molecule has 1 aliphatic carbocycles. The molecule has 1 fully saturated rings. The highest BCUT2D eigenvalue weighted by Crippen LogP contribution is 2.38. The van der Waals surface area contributed by atoms with E-state index in [4.69, 9.17) is 5.73 Å². The van der Waals surface area contributed by atoms with Gasteiger partial charge in [0.15, 0.2) is 5.82 Å². The molecular formula is C23H30N8. The van der Waals surface area contributed by atoms with E-state index in [1.165, 1.54) is 31.2 Å². The van der Waals surface area contributed by atoms with Crippen molar-refractivity contribution in [2.75, 3.05) is 23.1 Å². The lowest BCUT2D eigenvalue weighted by molar-refractivity contribution is 0.340. The van der Waals surface area contributed by atoms with Crippen molar-refractivity contribution in [3.05, 3.63) is 65.5 Å². The van der Waals surface area contributed by atoms with Gasteiger partial charge >= 0.3 is 0 Å². The Morgan fingerprint density at radius 1 is 1.10 bits per heavy atom. The minimum atomic E-state index is 0.167. The van der Waals surface area contributed by atoms with E-state index in [1.54, 1.807) is 0 Å². The maximum atomic E-state index is 6.08. The van der Waals surface area contributed by atoms with E-state index < -0.39 is 0 Å². The van der Waals surface area contributed by atoms with Crippen LogP contribution in [0.3, 0.4) is 0 Å². The Hall–Kier alpha value is -3.10. The third-order valence-corrected chi connectivity index (χ3v) is 6.60. The monoisotopic (exact) mass is 418 g/mol. The lowest BCUT2D eigenvalue weighted by atomic mass is 9.81. The fourth-order valence-electron chi connectivity index (χ4n) is 4.98. The Labute approximate surface area is 182 Å². The molecule has 3 aromatic rings. The number of hydrogen-bond acceptors (Lipinski definition) is 7. The molecule has 0 amide bonds. The molecule has 0 radical (unpaired) electrons. The summed E-state index contributed by atoms with van der Waals surface area (Å²) in [7, 11) is 0. The molecule has 0 saturated heterocycles. The molecule has 1 aliphatic heterocycles. The first kappa shape index (κ1) is 19.8. The standard InChI is InChI=1S/C23H30N8/c24-21-12-20(22-23(28-21)30-31-29-22)19(17-13-26-27-14-17)10-11-25-18-8-6-16(7-9-18)15-4-2-1-3-5-15/h1-5,12-14,16,18-19,25,29,31H,6-11H2,(H,26,27)(H3,24,28,30). The van der Waals surface area contributed by atoms with Gasteiger partial charge in [-0.1, -0.05) is 30.3 Å². The average molecular weight is 419 g/mol. The van der Waals surface area contributed by atoms with Crippen LogP contribution in [0.5, 0.6) is 0 Å². The van der Waals surface area contributed by atoms with Crippen LogP contribution < -0.4 is 27.4 Å². The zero-order chi connectivity index (χ0) is 21.0. The first-order chi connectivity index (χ1) is 15.3. The van der Waals surface area contributed by atoms with Gasteiger partial charge in [-0.25, -0.2) is 4.98 Å². The van der Waals surface area contributed by atoms with E-state index in [0.717, 1.165) is 35.6 Å². The maximum absolute atomic E-state index is 6.08. The summed E-state index contributed by atoms with van der Waals surface area (Å²) in [6, 6.07) is 13.5. The Morgan fingerprint density at radius 3 is 2.71 bits per heavy atom. The summed E-state index contributed by atoms with van der Waals surface area (Å²) in [5.74, 6) is 2.11. The largest absolute Gasteiger partial charge is 0.384 e. The SMILES string of the molecule is Nc1cc(C(CCNC2CCC(c3ccccc3)CC2)c2cn[nH]c2)c2c(n1)NNN2. The van der Waals surface area contributed by atoms with E-state index in [1.807, 2.05) is 18.5 Å². The van der Waals surface area contributed by atoms with Crippen LogP contribution in [-0.2, 0) is 0 Å².